The summed E-state index contributed by atoms with van der Waals surface area (Å²) < 4.78 is 29.8. The normalized spacial score (nSPS) is 17.4. The molecular weight excluding hydrogens is 524 g/mol. The van der Waals surface area contributed by atoms with Gasteiger partial charge in [0, 0.05) is 30.9 Å². The summed E-state index contributed by atoms with van der Waals surface area (Å²) in [6, 6.07) is 11.7. The fourth-order valence-corrected chi connectivity index (χ4v) is 5.43. The van der Waals surface area contributed by atoms with E-state index in [-0.39, 0.29) is 6.04 Å². The molecule has 1 aliphatic rings. The molecule has 1 atom stereocenters. The van der Waals surface area contributed by atoms with E-state index in [4.69, 9.17) is 5.73 Å². The van der Waals surface area contributed by atoms with Gasteiger partial charge in [-0.15, -0.1) is 0 Å². The molecule has 5 aromatic rings. The second kappa shape index (κ2) is 10.8. The maximum Gasteiger partial charge on any atom is 0.165 e. The number of imidazole rings is 1. The quantitative estimate of drug-likeness (QED) is 0.292. The third-order valence-corrected chi connectivity index (χ3v) is 7.39. The predicted octanol–water partition coefficient (Wildman–Crippen LogP) is 4.88. The fourth-order valence-electron chi connectivity index (χ4n) is 5.43. The molecule has 0 radical (unpaired) electrons. The summed E-state index contributed by atoms with van der Waals surface area (Å²) in [4.78, 5) is 24.9. The second-order valence-corrected chi connectivity index (χ2v) is 10.8. The Morgan fingerprint density at radius 3 is 2.68 bits per heavy atom. The second-order valence-electron chi connectivity index (χ2n) is 10.8. The molecule has 0 amide bonds. The van der Waals surface area contributed by atoms with Gasteiger partial charge in [0.15, 0.2) is 23.1 Å². The van der Waals surface area contributed by atoms with Crippen LogP contribution in [0.4, 0.5) is 20.3 Å². The minimum atomic E-state index is -0.920. The average molecular weight is 556 g/mol. The van der Waals surface area contributed by atoms with Gasteiger partial charge in [0.05, 0.1) is 41.7 Å². The number of pyridine rings is 2. The summed E-state index contributed by atoms with van der Waals surface area (Å²) in [5.74, 6) is -1.15. The van der Waals surface area contributed by atoms with Crippen LogP contribution in [0.3, 0.4) is 0 Å². The van der Waals surface area contributed by atoms with Crippen molar-refractivity contribution < 1.29 is 8.78 Å². The van der Waals surface area contributed by atoms with Gasteiger partial charge in [0.1, 0.15) is 11.8 Å². The molecule has 6 rings (SSSR count). The standard InChI is InChI=1S/C30H31F2N9/c1-19(2)39-28-27-29(37-17-36-28)41(18-38-27)15-21-13-24(20-7-8-22(31)23(32)12-20)35-14-25(21)40-11-5-9-30(33,16-40)26-6-3-4-10-34-26/h3-4,6-8,10,12-14,17-19H,5,9,11,15-16,33H2,1-2H3,(H,36,37,39). The maximum atomic E-state index is 14.1. The van der Waals surface area contributed by atoms with Gasteiger partial charge < -0.3 is 20.5 Å². The minimum Gasteiger partial charge on any atom is -0.368 e. The number of benzene rings is 1. The summed E-state index contributed by atoms with van der Waals surface area (Å²) in [6.07, 6.45) is 8.50. The highest BCUT2D eigenvalue weighted by molar-refractivity contribution is 5.83. The highest BCUT2D eigenvalue weighted by Gasteiger charge is 2.35. The van der Waals surface area contributed by atoms with E-state index in [9.17, 15) is 8.78 Å². The van der Waals surface area contributed by atoms with Crippen LogP contribution in [-0.2, 0) is 12.1 Å². The highest BCUT2D eigenvalue weighted by atomic mass is 19.2. The molecular formula is C30H31F2N9. The van der Waals surface area contributed by atoms with Crippen LogP contribution < -0.4 is 16.0 Å². The number of fused-ring (bicyclic) bond motifs is 1. The van der Waals surface area contributed by atoms with Gasteiger partial charge in [-0.1, -0.05) is 6.07 Å². The number of anilines is 2. The van der Waals surface area contributed by atoms with Crippen molar-refractivity contribution in [1.29, 1.82) is 0 Å². The molecule has 11 heteroatoms. The molecule has 210 valence electrons. The monoisotopic (exact) mass is 555 g/mol. The van der Waals surface area contributed by atoms with Crippen molar-refractivity contribution in [3.63, 3.8) is 0 Å². The Hall–Kier alpha value is -4.51. The molecule has 0 saturated carbocycles. The number of rotatable bonds is 7. The summed E-state index contributed by atoms with van der Waals surface area (Å²) in [5, 5.41) is 3.32. The molecule has 0 spiro atoms. The first-order valence-corrected chi connectivity index (χ1v) is 13.6. The minimum absolute atomic E-state index is 0.179. The SMILES string of the molecule is CC(C)Nc1ncnc2c1ncn2Cc1cc(-c2ccc(F)c(F)c2)ncc1N1CCCC(N)(c2ccccn2)C1. The molecule has 1 aliphatic heterocycles. The van der Waals surface area contributed by atoms with Gasteiger partial charge >= 0.3 is 0 Å². The number of hydrogen-bond acceptors (Lipinski definition) is 8. The first-order valence-electron chi connectivity index (χ1n) is 13.6. The number of nitrogens with zero attached hydrogens (tertiary/aromatic N) is 7. The van der Waals surface area contributed by atoms with E-state index in [1.165, 1.54) is 12.4 Å². The van der Waals surface area contributed by atoms with Crippen molar-refractivity contribution in [3.8, 4) is 11.3 Å². The number of nitrogens with one attached hydrogen (secondary N) is 1. The zero-order chi connectivity index (χ0) is 28.6. The molecule has 3 N–H and O–H groups in total. The Morgan fingerprint density at radius 1 is 1.02 bits per heavy atom. The van der Waals surface area contributed by atoms with Crippen LogP contribution in [-0.4, -0.2) is 48.6 Å². The predicted molar refractivity (Wildman–Crippen MR) is 154 cm³/mol. The van der Waals surface area contributed by atoms with Crippen molar-refractivity contribution in [2.45, 2.75) is 44.8 Å². The smallest absolute Gasteiger partial charge is 0.165 e. The van der Waals surface area contributed by atoms with Gasteiger partial charge in [-0.05, 0) is 68.7 Å². The zero-order valence-corrected chi connectivity index (χ0v) is 22.9. The van der Waals surface area contributed by atoms with Gasteiger partial charge in [0.25, 0.3) is 0 Å². The lowest BCUT2D eigenvalue weighted by Crippen LogP contribution is -2.52. The van der Waals surface area contributed by atoms with E-state index in [1.54, 1.807) is 18.7 Å². The van der Waals surface area contributed by atoms with E-state index in [0.29, 0.717) is 41.3 Å². The zero-order valence-electron chi connectivity index (χ0n) is 22.9. The Bertz CT molecular complexity index is 1690. The van der Waals surface area contributed by atoms with Crippen molar-refractivity contribution in [1.82, 2.24) is 29.5 Å². The number of aromatic nitrogens is 6. The molecule has 4 aromatic heterocycles. The molecule has 0 aliphatic carbocycles. The summed E-state index contributed by atoms with van der Waals surface area (Å²) in [5.41, 5.74) is 11.3. The van der Waals surface area contributed by atoms with E-state index in [2.05, 4.69) is 35.1 Å². The van der Waals surface area contributed by atoms with E-state index < -0.39 is 17.2 Å². The number of nitrogens with two attached hydrogens (primary N) is 1. The Morgan fingerprint density at radius 2 is 1.90 bits per heavy atom. The van der Waals surface area contributed by atoms with Crippen LogP contribution in [0.1, 0.15) is 37.9 Å². The van der Waals surface area contributed by atoms with Crippen molar-refractivity contribution in [3.05, 3.63) is 90.4 Å². The summed E-state index contributed by atoms with van der Waals surface area (Å²) in [7, 11) is 0. The molecule has 5 heterocycles. The number of halogens is 2. The van der Waals surface area contributed by atoms with Crippen LogP contribution in [0.25, 0.3) is 22.4 Å². The van der Waals surface area contributed by atoms with E-state index >= 15 is 0 Å². The van der Waals surface area contributed by atoms with E-state index in [1.807, 2.05) is 42.7 Å². The van der Waals surface area contributed by atoms with Gasteiger partial charge in [0.2, 0.25) is 0 Å². The van der Waals surface area contributed by atoms with E-state index in [0.717, 1.165) is 48.5 Å². The largest absolute Gasteiger partial charge is 0.368 e. The molecule has 1 aromatic carbocycles. The summed E-state index contributed by atoms with van der Waals surface area (Å²) >= 11 is 0. The topological polar surface area (TPSA) is 111 Å². The third-order valence-electron chi connectivity index (χ3n) is 7.39. The molecule has 1 fully saturated rings. The number of hydrogen-bond donors (Lipinski definition) is 2. The molecule has 1 unspecified atom stereocenters. The maximum absolute atomic E-state index is 14.1. The lowest BCUT2D eigenvalue weighted by molar-refractivity contribution is 0.345. The first-order chi connectivity index (χ1) is 19.8. The third kappa shape index (κ3) is 5.32. The number of piperidine rings is 1. The van der Waals surface area contributed by atoms with Crippen LogP contribution in [0, 0.1) is 11.6 Å². The average Bonchev–Trinajstić information content (AvgIpc) is 3.38. The van der Waals surface area contributed by atoms with Crippen LogP contribution in [0.2, 0.25) is 0 Å². The Balaban J connectivity index is 1.41. The van der Waals surface area contributed by atoms with Crippen LogP contribution in [0.15, 0.2) is 67.5 Å². The van der Waals surface area contributed by atoms with Crippen molar-refractivity contribution in [2.75, 3.05) is 23.3 Å². The molecule has 9 nitrogen and oxygen atoms in total. The molecule has 41 heavy (non-hydrogen) atoms. The summed E-state index contributed by atoms with van der Waals surface area (Å²) in [6.45, 7) is 5.84. The molecule has 0 bridgehead atoms. The lowest BCUT2D eigenvalue weighted by Gasteiger charge is -2.41. The lowest BCUT2D eigenvalue weighted by atomic mass is 9.86. The Kier molecular flexibility index (Phi) is 7.04. The highest BCUT2D eigenvalue weighted by Crippen LogP contribution is 2.34. The van der Waals surface area contributed by atoms with Gasteiger partial charge in [-0.3, -0.25) is 9.97 Å². The van der Waals surface area contributed by atoms with Crippen molar-refractivity contribution >= 4 is 22.7 Å². The first kappa shape index (κ1) is 26.7. The Labute approximate surface area is 236 Å². The molecule has 1 saturated heterocycles. The van der Waals surface area contributed by atoms with Gasteiger partial charge in [-0.2, -0.15) is 0 Å². The van der Waals surface area contributed by atoms with Gasteiger partial charge in [-0.25, -0.2) is 23.7 Å². The fraction of sp³-hybridized carbons (Fsp3) is 0.300. The van der Waals surface area contributed by atoms with Crippen LogP contribution >= 0.6 is 0 Å². The van der Waals surface area contributed by atoms with Crippen molar-refractivity contribution in [2.24, 2.45) is 5.73 Å². The van der Waals surface area contributed by atoms with Crippen LogP contribution in [0.5, 0.6) is 0 Å².